The Morgan fingerprint density at radius 2 is 2.32 bits per heavy atom. The first kappa shape index (κ1) is 12.8. The Morgan fingerprint density at radius 1 is 1.47 bits per heavy atom. The second-order valence-corrected chi connectivity index (χ2v) is 6.38. The van der Waals surface area contributed by atoms with Crippen LogP contribution in [0.2, 0.25) is 0 Å². The van der Waals surface area contributed by atoms with Gasteiger partial charge in [0.25, 0.3) is 5.91 Å². The molecule has 2 aromatic rings. The Bertz CT molecular complexity index is 581. The first-order chi connectivity index (χ1) is 9.24. The lowest BCUT2D eigenvalue weighted by Gasteiger charge is -2.22. The van der Waals surface area contributed by atoms with Crippen molar-refractivity contribution in [2.75, 3.05) is 0 Å². The van der Waals surface area contributed by atoms with Gasteiger partial charge in [-0.15, -0.1) is 0 Å². The average molecular weight is 337 g/mol. The molecule has 0 aromatic carbocycles. The zero-order valence-electron chi connectivity index (χ0n) is 10.3. The number of carbonyl (C=O) groups is 1. The molecule has 0 bridgehead atoms. The Balaban J connectivity index is 1.82. The summed E-state index contributed by atoms with van der Waals surface area (Å²) in [4.78, 5) is 18.6. The lowest BCUT2D eigenvalue weighted by molar-refractivity contribution is 0.0729. The van der Waals surface area contributed by atoms with Crippen LogP contribution in [0.15, 0.2) is 39.8 Å². The predicted molar refractivity (Wildman–Crippen MR) is 79.2 cm³/mol. The summed E-state index contributed by atoms with van der Waals surface area (Å²) >= 11 is 5.03. The van der Waals surface area contributed by atoms with Crippen molar-refractivity contribution in [1.82, 2.24) is 9.88 Å². The van der Waals surface area contributed by atoms with E-state index in [1.54, 1.807) is 23.7 Å². The summed E-state index contributed by atoms with van der Waals surface area (Å²) in [6, 6.07) is 4.30. The van der Waals surface area contributed by atoms with Gasteiger partial charge >= 0.3 is 0 Å². The van der Waals surface area contributed by atoms with Crippen LogP contribution in [0, 0.1) is 0 Å². The second kappa shape index (κ2) is 5.43. The molecule has 0 N–H and O–H groups in total. The molecule has 19 heavy (non-hydrogen) atoms. The van der Waals surface area contributed by atoms with Gasteiger partial charge in [0.05, 0.1) is 5.56 Å². The van der Waals surface area contributed by atoms with Crippen molar-refractivity contribution in [3.8, 4) is 0 Å². The van der Waals surface area contributed by atoms with Crippen LogP contribution in [0.5, 0.6) is 0 Å². The fraction of sp³-hybridized carbons (Fsp3) is 0.286. The Hall–Kier alpha value is -1.20. The summed E-state index contributed by atoms with van der Waals surface area (Å²) in [5, 5.41) is 4.15. The molecule has 1 aliphatic carbocycles. The maximum absolute atomic E-state index is 12.6. The Kier molecular flexibility index (Phi) is 3.66. The van der Waals surface area contributed by atoms with E-state index in [1.165, 1.54) is 5.56 Å². The summed E-state index contributed by atoms with van der Waals surface area (Å²) in [6.45, 7) is 0.694. The van der Waals surface area contributed by atoms with E-state index >= 15 is 0 Å². The van der Waals surface area contributed by atoms with Crippen molar-refractivity contribution in [3.63, 3.8) is 0 Å². The standard InChI is InChI=1S/C14H13BrN2OS/c15-12-5-11(6-16-7-12)14(18)17(13-1-2-13)8-10-3-4-19-9-10/h3-7,9,13H,1-2,8H2. The van der Waals surface area contributed by atoms with Crippen LogP contribution in [0.3, 0.4) is 0 Å². The van der Waals surface area contributed by atoms with Gasteiger partial charge in [-0.3, -0.25) is 9.78 Å². The molecule has 0 spiro atoms. The van der Waals surface area contributed by atoms with Crippen molar-refractivity contribution in [2.24, 2.45) is 0 Å². The van der Waals surface area contributed by atoms with Crippen LogP contribution in [-0.4, -0.2) is 21.8 Å². The third kappa shape index (κ3) is 3.04. The molecule has 0 atom stereocenters. The maximum Gasteiger partial charge on any atom is 0.256 e. The van der Waals surface area contributed by atoms with E-state index in [4.69, 9.17) is 0 Å². The molecule has 5 heteroatoms. The van der Waals surface area contributed by atoms with Gasteiger partial charge in [0.2, 0.25) is 0 Å². The molecule has 0 saturated heterocycles. The number of hydrogen-bond donors (Lipinski definition) is 0. The molecular formula is C14H13BrN2OS. The number of aromatic nitrogens is 1. The summed E-state index contributed by atoms with van der Waals surface area (Å²) in [5.74, 6) is 0.0718. The number of nitrogens with zero attached hydrogens (tertiary/aromatic N) is 2. The first-order valence-corrected chi connectivity index (χ1v) is 7.90. The van der Waals surface area contributed by atoms with Crippen molar-refractivity contribution in [2.45, 2.75) is 25.4 Å². The van der Waals surface area contributed by atoms with E-state index < -0.39 is 0 Å². The van der Waals surface area contributed by atoms with Crippen LogP contribution in [0.1, 0.15) is 28.8 Å². The van der Waals surface area contributed by atoms with Gasteiger partial charge in [-0.2, -0.15) is 11.3 Å². The molecule has 3 nitrogen and oxygen atoms in total. The largest absolute Gasteiger partial charge is 0.331 e. The van der Waals surface area contributed by atoms with Gasteiger partial charge in [0.1, 0.15) is 0 Å². The number of amides is 1. The number of rotatable bonds is 4. The molecule has 0 aliphatic heterocycles. The van der Waals surface area contributed by atoms with Crippen molar-refractivity contribution < 1.29 is 4.79 Å². The summed E-state index contributed by atoms with van der Waals surface area (Å²) in [5.41, 5.74) is 1.85. The zero-order valence-corrected chi connectivity index (χ0v) is 12.7. The smallest absolute Gasteiger partial charge is 0.256 e. The third-order valence-corrected chi connectivity index (χ3v) is 4.30. The molecule has 0 unspecified atom stereocenters. The molecule has 2 heterocycles. The fourth-order valence-electron chi connectivity index (χ4n) is 2.03. The molecule has 1 amide bonds. The predicted octanol–water partition coefficient (Wildman–Crippen LogP) is 3.71. The minimum atomic E-state index is 0.0718. The molecule has 0 radical (unpaired) electrons. The SMILES string of the molecule is O=C(c1cncc(Br)c1)N(Cc1ccsc1)C1CC1. The van der Waals surface area contributed by atoms with E-state index in [9.17, 15) is 4.79 Å². The number of halogens is 1. The third-order valence-electron chi connectivity index (χ3n) is 3.13. The van der Waals surface area contributed by atoms with Crippen molar-refractivity contribution in [1.29, 1.82) is 0 Å². The van der Waals surface area contributed by atoms with Crippen molar-refractivity contribution >= 4 is 33.2 Å². The van der Waals surface area contributed by atoms with Crippen LogP contribution >= 0.6 is 27.3 Å². The van der Waals surface area contributed by atoms with E-state index in [0.29, 0.717) is 18.2 Å². The molecule has 1 saturated carbocycles. The van der Waals surface area contributed by atoms with E-state index in [0.717, 1.165) is 17.3 Å². The minimum absolute atomic E-state index is 0.0718. The molecule has 1 aliphatic rings. The van der Waals surface area contributed by atoms with Crippen LogP contribution in [-0.2, 0) is 6.54 Å². The van der Waals surface area contributed by atoms with Gasteiger partial charge in [-0.25, -0.2) is 0 Å². The Labute approximate surface area is 124 Å². The minimum Gasteiger partial charge on any atom is -0.331 e. The second-order valence-electron chi connectivity index (χ2n) is 4.69. The normalized spacial score (nSPS) is 14.4. The van der Waals surface area contributed by atoms with E-state index in [1.807, 2.05) is 16.3 Å². The highest BCUT2D eigenvalue weighted by Crippen LogP contribution is 2.30. The molecular weight excluding hydrogens is 324 g/mol. The van der Waals surface area contributed by atoms with Gasteiger partial charge < -0.3 is 4.90 Å². The Morgan fingerprint density at radius 3 is 2.95 bits per heavy atom. The quantitative estimate of drug-likeness (QED) is 0.852. The summed E-state index contributed by atoms with van der Waals surface area (Å²) < 4.78 is 0.838. The highest BCUT2D eigenvalue weighted by Gasteiger charge is 2.33. The maximum atomic E-state index is 12.6. The molecule has 2 aromatic heterocycles. The number of carbonyl (C=O) groups excluding carboxylic acids is 1. The highest BCUT2D eigenvalue weighted by atomic mass is 79.9. The number of pyridine rings is 1. The summed E-state index contributed by atoms with van der Waals surface area (Å²) in [6.07, 6.45) is 5.54. The lowest BCUT2D eigenvalue weighted by atomic mass is 10.2. The zero-order chi connectivity index (χ0) is 13.2. The van der Waals surface area contributed by atoms with Crippen molar-refractivity contribution in [3.05, 3.63) is 50.9 Å². The van der Waals surface area contributed by atoms with Gasteiger partial charge in [-0.05, 0) is 57.2 Å². The van der Waals surface area contributed by atoms with Gasteiger partial charge in [0, 0.05) is 29.5 Å². The molecule has 1 fully saturated rings. The van der Waals surface area contributed by atoms with E-state index in [-0.39, 0.29) is 5.91 Å². The number of hydrogen-bond acceptors (Lipinski definition) is 3. The molecule has 98 valence electrons. The summed E-state index contributed by atoms with van der Waals surface area (Å²) in [7, 11) is 0. The monoisotopic (exact) mass is 336 g/mol. The van der Waals surface area contributed by atoms with Crippen LogP contribution < -0.4 is 0 Å². The highest BCUT2D eigenvalue weighted by molar-refractivity contribution is 9.10. The molecule has 3 rings (SSSR count). The fourth-order valence-corrected chi connectivity index (χ4v) is 3.05. The van der Waals surface area contributed by atoms with Crippen LogP contribution in [0.4, 0.5) is 0 Å². The number of thiophene rings is 1. The van der Waals surface area contributed by atoms with Gasteiger partial charge in [0.15, 0.2) is 0 Å². The topological polar surface area (TPSA) is 33.2 Å². The van der Waals surface area contributed by atoms with Crippen LogP contribution in [0.25, 0.3) is 0 Å². The lowest BCUT2D eigenvalue weighted by Crippen LogP contribution is -2.32. The van der Waals surface area contributed by atoms with E-state index in [2.05, 4.69) is 32.4 Å². The first-order valence-electron chi connectivity index (χ1n) is 6.16. The van der Waals surface area contributed by atoms with Gasteiger partial charge in [-0.1, -0.05) is 0 Å². The average Bonchev–Trinajstić information content (AvgIpc) is 3.12.